The first-order chi connectivity index (χ1) is 14.2. The van der Waals surface area contributed by atoms with E-state index in [4.69, 9.17) is 9.47 Å². The zero-order valence-electron chi connectivity index (χ0n) is 16.9. The van der Waals surface area contributed by atoms with E-state index in [1.807, 2.05) is 19.1 Å². The molecule has 0 saturated heterocycles. The average molecular weight is 400 g/mol. The predicted octanol–water partition coefficient (Wildman–Crippen LogP) is 3.88. The fraction of sp³-hybridized carbons (Fsp3) is 0.455. The molecule has 6 nitrogen and oxygen atoms in total. The molecule has 7 heteroatoms. The van der Waals surface area contributed by atoms with Gasteiger partial charge in [0.15, 0.2) is 5.96 Å². The highest BCUT2D eigenvalue weighted by atomic mass is 19.1. The van der Waals surface area contributed by atoms with Crippen LogP contribution in [0.4, 0.5) is 4.39 Å². The van der Waals surface area contributed by atoms with Crippen LogP contribution in [0.25, 0.3) is 0 Å². The van der Waals surface area contributed by atoms with Gasteiger partial charge in [0, 0.05) is 38.6 Å². The molecule has 1 aliphatic carbocycles. The van der Waals surface area contributed by atoms with Crippen molar-refractivity contribution in [1.29, 1.82) is 0 Å². The fourth-order valence-corrected chi connectivity index (χ4v) is 2.66. The van der Waals surface area contributed by atoms with Crippen LogP contribution in [-0.2, 0) is 11.3 Å². The summed E-state index contributed by atoms with van der Waals surface area (Å²) in [6.45, 7) is 5.81. The van der Waals surface area contributed by atoms with E-state index in [0.717, 1.165) is 50.2 Å². The Hall–Kier alpha value is -2.67. The van der Waals surface area contributed by atoms with Gasteiger partial charge in [-0.2, -0.15) is 0 Å². The van der Waals surface area contributed by atoms with Crippen molar-refractivity contribution >= 4 is 5.96 Å². The fourth-order valence-electron chi connectivity index (χ4n) is 2.66. The number of benzene rings is 1. The number of ether oxygens (including phenoxy) is 2. The minimum Gasteiger partial charge on any atom is -0.439 e. The summed E-state index contributed by atoms with van der Waals surface area (Å²) in [6.07, 6.45) is 5.27. The van der Waals surface area contributed by atoms with E-state index >= 15 is 0 Å². The Balaban J connectivity index is 1.46. The quantitative estimate of drug-likeness (QED) is 0.340. The van der Waals surface area contributed by atoms with Gasteiger partial charge in [-0.15, -0.1) is 0 Å². The first kappa shape index (κ1) is 21.0. The standard InChI is InChI=1S/C22H29FN4O2/c1-2-24-22(26-11-3-13-28-16-17-4-5-17)27-15-18-10-12-25-21(14-18)29-20-8-6-19(23)7-9-20/h6-10,12,14,17H,2-5,11,13,15-16H2,1H3,(H2,24,26,27). The second-order valence-electron chi connectivity index (χ2n) is 7.05. The third-order valence-corrected chi connectivity index (χ3v) is 4.41. The summed E-state index contributed by atoms with van der Waals surface area (Å²) in [4.78, 5) is 8.83. The van der Waals surface area contributed by atoms with Gasteiger partial charge in [0.1, 0.15) is 11.6 Å². The van der Waals surface area contributed by atoms with Crippen molar-refractivity contribution < 1.29 is 13.9 Å². The summed E-state index contributed by atoms with van der Waals surface area (Å²) in [6, 6.07) is 9.59. The molecule has 1 saturated carbocycles. The van der Waals surface area contributed by atoms with E-state index in [9.17, 15) is 4.39 Å². The Morgan fingerprint density at radius 2 is 2.03 bits per heavy atom. The van der Waals surface area contributed by atoms with Crippen molar-refractivity contribution in [3.8, 4) is 11.6 Å². The lowest BCUT2D eigenvalue weighted by Gasteiger charge is -2.11. The van der Waals surface area contributed by atoms with E-state index < -0.39 is 0 Å². The summed E-state index contributed by atoms with van der Waals surface area (Å²) in [5, 5.41) is 6.58. The number of hydrogen-bond donors (Lipinski definition) is 2. The van der Waals surface area contributed by atoms with E-state index in [2.05, 4.69) is 20.6 Å². The molecule has 0 spiro atoms. The normalized spacial score (nSPS) is 13.9. The Morgan fingerprint density at radius 1 is 1.21 bits per heavy atom. The molecule has 0 atom stereocenters. The molecule has 0 radical (unpaired) electrons. The lowest BCUT2D eigenvalue weighted by Crippen LogP contribution is -2.38. The topological polar surface area (TPSA) is 67.8 Å². The Bertz CT molecular complexity index is 779. The molecule has 2 aromatic rings. The first-order valence-electron chi connectivity index (χ1n) is 10.2. The number of rotatable bonds is 11. The van der Waals surface area contributed by atoms with Crippen LogP contribution in [0.1, 0.15) is 31.7 Å². The average Bonchev–Trinajstić information content (AvgIpc) is 3.55. The van der Waals surface area contributed by atoms with Gasteiger partial charge in [-0.05, 0) is 68.0 Å². The molecule has 3 rings (SSSR count). The molecule has 1 aromatic heterocycles. The molecule has 156 valence electrons. The van der Waals surface area contributed by atoms with E-state index in [1.54, 1.807) is 18.3 Å². The van der Waals surface area contributed by atoms with Gasteiger partial charge in [0.2, 0.25) is 5.88 Å². The van der Waals surface area contributed by atoms with E-state index in [-0.39, 0.29) is 5.82 Å². The first-order valence-corrected chi connectivity index (χ1v) is 10.2. The van der Waals surface area contributed by atoms with E-state index in [1.165, 1.54) is 25.0 Å². The minimum absolute atomic E-state index is 0.300. The van der Waals surface area contributed by atoms with Crippen LogP contribution in [0.2, 0.25) is 0 Å². The van der Waals surface area contributed by atoms with Gasteiger partial charge in [-0.3, -0.25) is 0 Å². The molecule has 1 aliphatic rings. The largest absolute Gasteiger partial charge is 0.439 e. The summed E-state index contributed by atoms with van der Waals surface area (Å²) in [7, 11) is 0. The third-order valence-electron chi connectivity index (χ3n) is 4.41. The van der Waals surface area contributed by atoms with Crippen molar-refractivity contribution in [1.82, 2.24) is 15.6 Å². The smallest absolute Gasteiger partial charge is 0.219 e. The molecule has 2 N–H and O–H groups in total. The zero-order valence-corrected chi connectivity index (χ0v) is 16.9. The van der Waals surface area contributed by atoms with Crippen LogP contribution >= 0.6 is 0 Å². The second-order valence-corrected chi connectivity index (χ2v) is 7.05. The molecule has 1 heterocycles. The van der Waals surface area contributed by atoms with Crippen molar-refractivity contribution in [2.24, 2.45) is 10.9 Å². The minimum atomic E-state index is -0.300. The number of aromatic nitrogens is 1. The third kappa shape index (κ3) is 8.07. The SMILES string of the molecule is CCNC(=NCc1ccnc(Oc2ccc(F)cc2)c1)NCCCOCC1CC1. The Labute approximate surface area is 171 Å². The number of nitrogens with one attached hydrogen (secondary N) is 2. The maximum Gasteiger partial charge on any atom is 0.219 e. The molecule has 0 unspecified atom stereocenters. The summed E-state index contributed by atoms with van der Waals surface area (Å²) in [5.41, 5.74) is 0.974. The predicted molar refractivity (Wildman–Crippen MR) is 112 cm³/mol. The zero-order chi connectivity index (χ0) is 20.3. The van der Waals surface area contributed by atoms with Crippen molar-refractivity contribution in [2.75, 3.05) is 26.3 Å². The molecule has 1 fully saturated rings. The van der Waals surface area contributed by atoms with Crippen LogP contribution in [-0.4, -0.2) is 37.2 Å². The highest BCUT2D eigenvalue weighted by Gasteiger charge is 2.20. The lowest BCUT2D eigenvalue weighted by atomic mass is 10.2. The Morgan fingerprint density at radius 3 is 2.79 bits per heavy atom. The monoisotopic (exact) mass is 400 g/mol. The van der Waals surface area contributed by atoms with Crippen LogP contribution < -0.4 is 15.4 Å². The van der Waals surface area contributed by atoms with Gasteiger partial charge < -0.3 is 20.1 Å². The number of pyridine rings is 1. The number of guanidine groups is 1. The van der Waals surface area contributed by atoms with Crippen molar-refractivity contribution in [2.45, 2.75) is 32.7 Å². The second kappa shape index (κ2) is 11.4. The summed E-state index contributed by atoms with van der Waals surface area (Å²) in [5.74, 6) is 2.27. The van der Waals surface area contributed by atoms with Crippen LogP contribution in [0.5, 0.6) is 11.6 Å². The summed E-state index contributed by atoms with van der Waals surface area (Å²) >= 11 is 0. The number of nitrogens with zero attached hydrogens (tertiary/aromatic N) is 2. The van der Waals surface area contributed by atoms with Gasteiger partial charge >= 0.3 is 0 Å². The molecule has 29 heavy (non-hydrogen) atoms. The highest BCUT2D eigenvalue weighted by molar-refractivity contribution is 5.79. The van der Waals surface area contributed by atoms with Crippen molar-refractivity contribution in [3.05, 3.63) is 54.0 Å². The van der Waals surface area contributed by atoms with E-state index in [0.29, 0.717) is 18.2 Å². The van der Waals surface area contributed by atoms with Gasteiger partial charge in [0.05, 0.1) is 6.54 Å². The maximum atomic E-state index is 13.0. The number of hydrogen-bond acceptors (Lipinski definition) is 4. The molecule has 1 aromatic carbocycles. The van der Waals surface area contributed by atoms with Gasteiger partial charge in [-0.25, -0.2) is 14.4 Å². The number of halogens is 1. The van der Waals surface area contributed by atoms with Crippen molar-refractivity contribution in [3.63, 3.8) is 0 Å². The highest BCUT2D eigenvalue weighted by Crippen LogP contribution is 2.28. The van der Waals surface area contributed by atoms with Gasteiger partial charge in [0.25, 0.3) is 0 Å². The van der Waals surface area contributed by atoms with Crippen LogP contribution in [0.3, 0.4) is 0 Å². The van der Waals surface area contributed by atoms with Gasteiger partial charge in [-0.1, -0.05) is 0 Å². The Kier molecular flexibility index (Phi) is 8.25. The summed E-state index contributed by atoms with van der Waals surface area (Å²) < 4.78 is 24.3. The van der Waals surface area contributed by atoms with Crippen LogP contribution in [0.15, 0.2) is 47.6 Å². The number of aliphatic imine (C=N–C) groups is 1. The lowest BCUT2D eigenvalue weighted by molar-refractivity contribution is 0.123. The van der Waals surface area contributed by atoms with Crippen LogP contribution in [0, 0.1) is 11.7 Å². The molecule has 0 bridgehead atoms. The molecule has 0 amide bonds. The molecular formula is C22H29FN4O2. The molecular weight excluding hydrogens is 371 g/mol. The maximum absolute atomic E-state index is 13.0. The molecule has 0 aliphatic heterocycles.